The molecule has 1 atom stereocenters. The zero-order chi connectivity index (χ0) is 15.0. The number of aromatic nitrogens is 1. The highest BCUT2D eigenvalue weighted by atomic mass is 32.1. The Kier molecular flexibility index (Phi) is 3.57. The van der Waals surface area contributed by atoms with Gasteiger partial charge in [-0.15, -0.1) is 11.3 Å². The van der Waals surface area contributed by atoms with Crippen LogP contribution >= 0.6 is 11.3 Å². The number of hydrogen-bond acceptors (Lipinski definition) is 3. The van der Waals surface area contributed by atoms with Gasteiger partial charge in [-0.25, -0.2) is 8.78 Å². The summed E-state index contributed by atoms with van der Waals surface area (Å²) in [6.07, 6.45) is 0.246. The molecule has 0 spiro atoms. The third kappa shape index (κ3) is 2.59. The van der Waals surface area contributed by atoms with Crippen LogP contribution in [0.3, 0.4) is 0 Å². The zero-order valence-corrected chi connectivity index (χ0v) is 11.6. The molecule has 0 bridgehead atoms. The van der Waals surface area contributed by atoms with Crippen LogP contribution in [0, 0.1) is 11.6 Å². The first-order valence-corrected chi connectivity index (χ1v) is 7.14. The van der Waals surface area contributed by atoms with E-state index in [4.69, 9.17) is 0 Å². The smallest absolute Gasteiger partial charge is 0.259 e. The molecule has 0 aliphatic rings. The molecule has 0 fully saturated rings. The van der Waals surface area contributed by atoms with Crippen LogP contribution in [0.4, 0.5) is 8.78 Å². The molecule has 1 aromatic carbocycles. The fraction of sp³-hybridized carbons (Fsp3) is 0.133. The molecular weight excluding hydrogens is 296 g/mol. The first kappa shape index (κ1) is 13.9. The highest BCUT2D eigenvalue weighted by Gasteiger charge is 2.15. The van der Waals surface area contributed by atoms with Gasteiger partial charge in [0.1, 0.15) is 11.6 Å². The first-order chi connectivity index (χ1) is 10.1. The molecular formula is C15H11F2NO2S. The Morgan fingerprint density at radius 2 is 2.05 bits per heavy atom. The van der Waals surface area contributed by atoms with E-state index in [1.54, 1.807) is 23.7 Å². The molecule has 0 aliphatic carbocycles. The lowest BCUT2D eigenvalue weighted by molar-refractivity contribution is 0.150. The lowest BCUT2D eigenvalue weighted by Gasteiger charge is -2.14. The third-order valence-corrected chi connectivity index (χ3v) is 4.16. The van der Waals surface area contributed by atoms with Crippen LogP contribution in [0.2, 0.25) is 0 Å². The summed E-state index contributed by atoms with van der Waals surface area (Å²) >= 11 is 1.44. The fourth-order valence-electron chi connectivity index (χ4n) is 2.21. The summed E-state index contributed by atoms with van der Waals surface area (Å²) in [6.45, 7) is -0.134. The Hall–Kier alpha value is -2.05. The van der Waals surface area contributed by atoms with E-state index >= 15 is 0 Å². The van der Waals surface area contributed by atoms with Crippen LogP contribution in [0.25, 0.3) is 10.1 Å². The van der Waals surface area contributed by atoms with Crippen LogP contribution in [0.5, 0.6) is 0 Å². The first-order valence-electron chi connectivity index (χ1n) is 6.26. The normalized spacial score (nSPS) is 12.7. The van der Waals surface area contributed by atoms with E-state index in [1.165, 1.54) is 15.9 Å². The summed E-state index contributed by atoms with van der Waals surface area (Å²) in [5.74, 6) is -1.33. The van der Waals surface area contributed by atoms with Crippen LogP contribution in [0.1, 0.15) is 11.7 Å². The number of pyridine rings is 1. The molecule has 2 aromatic heterocycles. The minimum atomic E-state index is -1.30. The number of rotatable bonds is 3. The second kappa shape index (κ2) is 5.38. The van der Waals surface area contributed by atoms with E-state index in [-0.39, 0.29) is 17.7 Å². The molecule has 0 saturated heterocycles. The third-order valence-electron chi connectivity index (χ3n) is 3.28. The van der Waals surface area contributed by atoms with Gasteiger partial charge in [-0.05, 0) is 35.7 Å². The fourth-order valence-corrected chi connectivity index (χ4v) is 2.98. The maximum atomic E-state index is 13.6. The minimum Gasteiger partial charge on any atom is -0.386 e. The largest absolute Gasteiger partial charge is 0.386 e. The molecule has 6 heteroatoms. The van der Waals surface area contributed by atoms with Crippen molar-refractivity contribution in [3.8, 4) is 0 Å². The second-order valence-corrected chi connectivity index (χ2v) is 5.60. The SMILES string of the molecule is O=c1c2ccsc2ccn1CC(O)c1cc(F)ccc1F. The van der Waals surface area contributed by atoms with Crippen molar-refractivity contribution in [3.05, 3.63) is 69.5 Å². The van der Waals surface area contributed by atoms with E-state index in [2.05, 4.69) is 0 Å². The second-order valence-electron chi connectivity index (χ2n) is 4.65. The molecule has 3 aromatic rings. The van der Waals surface area contributed by atoms with E-state index in [1.807, 2.05) is 0 Å². The van der Waals surface area contributed by atoms with Gasteiger partial charge in [0.15, 0.2) is 0 Å². The lowest BCUT2D eigenvalue weighted by atomic mass is 10.1. The van der Waals surface area contributed by atoms with Gasteiger partial charge in [0.05, 0.1) is 18.0 Å². The molecule has 1 N–H and O–H groups in total. The van der Waals surface area contributed by atoms with Gasteiger partial charge in [0, 0.05) is 16.5 Å². The predicted molar refractivity (Wildman–Crippen MR) is 77.4 cm³/mol. The van der Waals surface area contributed by atoms with Crippen molar-refractivity contribution in [1.29, 1.82) is 0 Å². The molecule has 3 nitrogen and oxygen atoms in total. The van der Waals surface area contributed by atoms with Gasteiger partial charge < -0.3 is 9.67 Å². The predicted octanol–water partition coefficient (Wildman–Crippen LogP) is 3.07. The highest BCUT2D eigenvalue weighted by Crippen LogP contribution is 2.21. The summed E-state index contributed by atoms with van der Waals surface area (Å²) in [5, 5.41) is 12.4. The molecule has 3 rings (SSSR count). The van der Waals surface area contributed by atoms with Crippen molar-refractivity contribution in [2.24, 2.45) is 0 Å². The number of thiophene rings is 1. The number of aliphatic hydroxyl groups excluding tert-OH is 1. The van der Waals surface area contributed by atoms with Crippen molar-refractivity contribution < 1.29 is 13.9 Å². The molecule has 0 aliphatic heterocycles. The maximum absolute atomic E-state index is 13.6. The van der Waals surface area contributed by atoms with E-state index in [9.17, 15) is 18.7 Å². The average Bonchev–Trinajstić information content (AvgIpc) is 2.93. The van der Waals surface area contributed by atoms with Crippen LogP contribution in [-0.4, -0.2) is 9.67 Å². The number of nitrogens with zero attached hydrogens (tertiary/aromatic N) is 1. The number of hydrogen-bond donors (Lipinski definition) is 1. The quantitative estimate of drug-likeness (QED) is 0.808. The number of fused-ring (bicyclic) bond motifs is 1. The summed E-state index contributed by atoms with van der Waals surface area (Å²) in [6, 6.07) is 6.34. The van der Waals surface area contributed by atoms with E-state index in [0.29, 0.717) is 5.39 Å². The van der Waals surface area contributed by atoms with Gasteiger partial charge in [-0.3, -0.25) is 4.79 Å². The Balaban J connectivity index is 1.96. The molecule has 0 saturated carbocycles. The van der Waals surface area contributed by atoms with Crippen LogP contribution < -0.4 is 5.56 Å². The Bertz CT molecular complexity index is 856. The van der Waals surface area contributed by atoms with Gasteiger partial charge in [-0.2, -0.15) is 0 Å². The monoisotopic (exact) mass is 307 g/mol. The van der Waals surface area contributed by atoms with Gasteiger partial charge in [0.25, 0.3) is 5.56 Å². The maximum Gasteiger partial charge on any atom is 0.259 e. The Morgan fingerprint density at radius 1 is 1.24 bits per heavy atom. The van der Waals surface area contributed by atoms with Gasteiger partial charge >= 0.3 is 0 Å². The van der Waals surface area contributed by atoms with Crippen molar-refractivity contribution >= 4 is 21.4 Å². The number of aliphatic hydroxyl groups is 1. The summed E-state index contributed by atoms with van der Waals surface area (Å²) < 4.78 is 28.9. The van der Waals surface area contributed by atoms with Crippen molar-refractivity contribution in [2.45, 2.75) is 12.6 Å². The Labute approximate surface area is 122 Å². The number of halogens is 2. The Morgan fingerprint density at radius 3 is 2.86 bits per heavy atom. The summed E-state index contributed by atoms with van der Waals surface area (Å²) in [5.41, 5.74) is -0.420. The van der Waals surface area contributed by atoms with Gasteiger partial charge in [-0.1, -0.05) is 0 Å². The minimum absolute atomic E-state index is 0.134. The summed E-state index contributed by atoms with van der Waals surface area (Å²) in [4.78, 5) is 12.2. The highest BCUT2D eigenvalue weighted by molar-refractivity contribution is 7.17. The van der Waals surface area contributed by atoms with Crippen molar-refractivity contribution in [2.75, 3.05) is 0 Å². The van der Waals surface area contributed by atoms with Gasteiger partial charge in [0.2, 0.25) is 0 Å². The van der Waals surface area contributed by atoms with Crippen molar-refractivity contribution in [3.63, 3.8) is 0 Å². The molecule has 108 valence electrons. The van der Waals surface area contributed by atoms with Crippen LogP contribution in [0.15, 0.2) is 46.7 Å². The summed E-state index contributed by atoms with van der Waals surface area (Å²) in [7, 11) is 0. The van der Waals surface area contributed by atoms with E-state index in [0.717, 1.165) is 22.9 Å². The zero-order valence-electron chi connectivity index (χ0n) is 10.8. The average molecular weight is 307 g/mol. The molecule has 1 unspecified atom stereocenters. The standard InChI is InChI=1S/C15H11F2NO2S/c16-9-1-2-12(17)11(7-9)13(19)8-18-5-3-14-10(15(18)20)4-6-21-14/h1-7,13,19H,8H2. The molecule has 0 radical (unpaired) electrons. The number of benzene rings is 1. The van der Waals surface area contributed by atoms with E-state index < -0.39 is 17.7 Å². The molecule has 2 heterocycles. The molecule has 0 amide bonds. The topological polar surface area (TPSA) is 42.2 Å². The van der Waals surface area contributed by atoms with Crippen LogP contribution in [-0.2, 0) is 6.54 Å². The lowest BCUT2D eigenvalue weighted by Crippen LogP contribution is -2.22. The molecule has 21 heavy (non-hydrogen) atoms. The van der Waals surface area contributed by atoms with Crippen molar-refractivity contribution in [1.82, 2.24) is 4.57 Å².